The lowest BCUT2D eigenvalue weighted by atomic mass is 10.1. The molecule has 0 aliphatic carbocycles. The molecule has 0 N–H and O–H groups in total. The molecule has 1 aliphatic heterocycles. The van der Waals surface area contributed by atoms with E-state index in [0.717, 1.165) is 5.56 Å². The lowest BCUT2D eigenvalue weighted by molar-refractivity contribution is 0.0303. The van der Waals surface area contributed by atoms with Crippen LogP contribution in [0.25, 0.3) is 0 Å². The quantitative estimate of drug-likeness (QED) is 0.720. The average molecular weight is 339 g/mol. The van der Waals surface area contributed by atoms with Crippen molar-refractivity contribution in [3.63, 3.8) is 0 Å². The summed E-state index contributed by atoms with van der Waals surface area (Å²) in [6.07, 6.45) is 0. The standard InChI is InChI=1S/C12H15NO2.3F2.FH/c1-10-2-4-11(5-3-10)12(14)13-6-8-15-9-7-13;3*1-2;/h2-5H,6-9H2,1H3;;;;1H. The van der Waals surface area contributed by atoms with Crippen LogP contribution in [0, 0.1) is 6.92 Å². The van der Waals surface area contributed by atoms with Gasteiger partial charge in [-0.1, -0.05) is 17.7 Å². The predicted octanol–water partition coefficient (Wildman–Crippen LogP) is 4.14. The summed E-state index contributed by atoms with van der Waals surface area (Å²) in [6, 6.07) is 7.70. The van der Waals surface area contributed by atoms with E-state index in [1.807, 2.05) is 36.1 Å². The van der Waals surface area contributed by atoms with Gasteiger partial charge in [0.15, 0.2) is 0 Å². The molecule has 10 heteroatoms. The second-order valence-electron chi connectivity index (χ2n) is 3.77. The predicted molar refractivity (Wildman–Crippen MR) is 67.1 cm³/mol. The maximum atomic E-state index is 12.0. The Labute approximate surface area is 122 Å². The van der Waals surface area contributed by atoms with Crippen LogP contribution in [-0.2, 0) is 4.74 Å². The number of carbonyl (C=O) groups is 1. The maximum absolute atomic E-state index is 12.0. The molecule has 0 bridgehead atoms. The van der Waals surface area contributed by atoms with Crippen molar-refractivity contribution in [1.29, 1.82) is 0 Å². The van der Waals surface area contributed by atoms with Gasteiger partial charge in [-0.3, -0.25) is 9.50 Å². The van der Waals surface area contributed by atoms with Crippen LogP contribution in [0.5, 0.6) is 0 Å². The highest BCUT2D eigenvalue weighted by Gasteiger charge is 2.17. The SMILES string of the molecule is Cc1ccc(C(=O)N2CCOCC2)cc1.F.FF.FF.FF. The Bertz CT molecular complexity index is 359. The maximum Gasteiger partial charge on any atom is 0.254 e. The topological polar surface area (TPSA) is 29.5 Å². The molecule has 22 heavy (non-hydrogen) atoms. The highest BCUT2D eigenvalue weighted by Crippen LogP contribution is 2.08. The number of morpholine rings is 1. The Hall–Kier alpha value is -1.84. The van der Waals surface area contributed by atoms with Gasteiger partial charge in [-0.25, -0.2) is 0 Å². The van der Waals surface area contributed by atoms with Crippen molar-refractivity contribution >= 4 is 5.91 Å². The lowest BCUT2D eigenvalue weighted by Crippen LogP contribution is -2.40. The Morgan fingerprint density at radius 2 is 1.36 bits per heavy atom. The minimum atomic E-state index is 0. The fourth-order valence-corrected chi connectivity index (χ4v) is 1.65. The second-order valence-corrected chi connectivity index (χ2v) is 3.77. The third-order valence-electron chi connectivity index (χ3n) is 2.60. The van der Waals surface area contributed by atoms with E-state index < -0.39 is 0 Å². The molecule has 1 aliphatic rings. The van der Waals surface area contributed by atoms with Gasteiger partial charge in [0.2, 0.25) is 0 Å². The molecule has 1 amide bonds. The van der Waals surface area contributed by atoms with E-state index in [4.69, 9.17) is 32.2 Å². The third-order valence-corrected chi connectivity index (χ3v) is 2.60. The van der Waals surface area contributed by atoms with Crippen molar-refractivity contribution in [1.82, 2.24) is 4.90 Å². The smallest absolute Gasteiger partial charge is 0.254 e. The van der Waals surface area contributed by atoms with Gasteiger partial charge in [-0.2, -0.15) is 0 Å². The van der Waals surface area contributed by atoms with Crippen molar-refractivity contribution in [2.24, 2.45) is 0 Å². The van der Waals surface area contributed by atoms with E-state index in [1.54, 1.807) is 0 Å². The lowest BCUT2D eigenvalue weighted by Gasteiger charge is -2.26. The van der Waals surface area contributed by atoms with Gasteiger partial charge in [0, 0.05) is 46.1 Å². The van der Waals surface area contributed by atoms with Gasteiger partial charge in [0.25, 0.3) is 5.91 Å². The molecule has 1 fully saturated rings. The molecular weight excluding hydrogens is 323 g/mol. The first-order chi connectivity index (χ1) is 10.3. The highest BCUT2D eigenvalue weighted by atomic mass is 20.0. The Morgan fingerprint density at radius 3 is 1.77 bits per heavy atom. The monoisotopic (exact) mass is 339 g/mol. The number of halogens is 7. The normalized spacial score (nSPS) is 12.0. The molecule has 0 unspecified atom stereocenters. The van der Waals surface area contributed by atoms with E-state index >= 15 is 0 Å². The minimum absolute atomic E-state index is 0. The first-order valence-corrected chi connectivity index (χ1v) is 5.64. The zero-order valence-electron chi connectivity index (χ0n) is 11.6. The van der Waals surface area contributed by atoms with Crippen molar-refractivity contribution in [2.75, 3.05) is 26.3 Å². The number of aryl methyl sites for hydroxylation is 1. The molecule has 0 spiro atoms. The molecule has 0 radical (unpaired) electrons. The van der Waals surface area contributed by atoms with E-state index in [0.29, 0.717) is 26.3 Å². The summed E-state index contributed by atoms with van der Waals surface area (Å²) in [6.45, 7) is 4.72. The van der Waals surface area contributed by atoms with Crippen LogP contribution in [0.1, 0.15) is 15.9 Å². The molecule has 0 atom stereocenters. The Morgan fingerprint density at radius 1 is 0.955 bits per heavy atom. The van der Waals surface area contributed by atoms with Gasteiger partial charge in [0.05, 0.1) is 13.2 Å². The molecule has 3 nitrogen and oxygen atoms in total. The molecule has 0 saturated carbocycles. The van der Waals surface area contributed by atoms with Gasteiger partial charge in [-0.15, -0.1) is 0 Å². The highest BCUT2D eigenvalue weighted by molar-refractivity contribution is 5.94. The molecule has 130 valence electrons. The second kappa shape index (κ2) is 17.2. The van der Waals surface area contributed by atoms with Crippen LogP contribution in [0.4, 0.5) is 32.1 Å². The third kappa shape index (κ3) is 9.16. The number of hydrogen-bond acceptors (Lipinski definition) is 2. The molecule has 1 heterocycles. The number of hydrogen-bond donors (Lipinski definition) is 0. The van der Waals surface area contributed by atoms with E-state index in [2.05, 4.69) is 0 Å². The Kier molecular flexibility index (Phi) is 19.7. The summed E-state index contributed by atoms with van der Waals surface area (Å²) >= 11 is 0. The summed E-state index contributed by atoms with van der Waals surface area (Å²) < 4.78 is 53.2. The zero-order chi connectivity index (χ0) is 16.7. The number of carbonyl (C=O) groups excluding carboxylic acids is 1. The molecule has 2 rings (SSSR count). The summed E-state index contributed by atoms with van der Waals surface area (Å²) in [5, 5.41) is 0. The minimum Gasteiger partial charge on any atom is -0.378 e. The summed E-state index contributed by atoms with van der Waals surface area (Å²) in [4.78, 5) is 13.8. The van der Waals surface area contributed by atoms with Crippen molar-refractivity contribution in [3.05, 3.63) is 35.4 Å². The van der Waals surface area contributed by atoms with Crippen molar-refractivity contribution in [3.8, 4) is 0 Å². The van der Waals surface area contributed by atoms with E-state index in [1.165, 1.54) is 5.56 Å². The van der Waals surface area contributed by atoms with Crippen molar-refractivity contribution < 1.29 is 41.7 Å². The van der Waals surface area contributed by atoms with E-state index in [9.17, 15) is 4.79 Å². The number of benzene rings is 1. The van der Waals surface area contributed by atoms with Gasteiger partial charge in [-0.05, 0) is 19.1 Å². The van der Waals surface area contributed by atoms with Gasteiger partial charge < -0.3 is 9.64 Å². The van der Waals surface area contributed by atoms with Crippen LogP contribution in [0.3, 0.4) is 0 Å². The molecule has 1 saturated heterocycles. The Balaban J connectivity index is -0.000000463. The molecule has 0 aromatic heterocycles. The molecule has 1 aromatic rings. The van der Waals surface area contributed by atoms with Crippen LogP contribution in [-0.4, -0.2) is 37.1 Å². The fourth-order valence-electron chi connectivity index (χ4n) is 1.65. The van der Waals surface area contributed by atoms with Crippen LogP contribution in [0.15, 0.2) is 24.3 Å². The van der Waals surface area contributed by atoms with Crippen molar-refractivity contribution in [2.45, 2.75) is 6.92 Å². The van der Waals surface area contributed by atoms with E-state index in [-0.39, 0.29) is 10.6 Å². The van der Waals surface area contributed by atoms with Crippen LogP contribution >= 0.6 is 0 Å². The molecule has 1 aromatic carbocycles. The number of ether oxygens (including phenoxy) is 1. The van der Waals surface area contributed by atoms with Crippen LogP contribution < -0.4 is 0 Å². The average Bonchev–Trinajstić information content (AvgIpc) is 2.61. The number of rotatable bonds is 1. The van der Waals surface area contributed by atoms with Gasteiger partial charge in [0.1, 0.15) is 0 Å². The summed E-state index contributed by atoms with van der Waals surface area (Å²) in [5.74, 6) is 0.110. The fraction of sp³-hybridized carbons (Fsp3) is 0.417. The first kappa shape index (κ1) is 25.1. The summed E-state index contributed by atoms with van der Waals surface area (Å²) in [5.41, 5.74) is 1.94. The zero-order valence-corrected chi connectivity index (χ0v) is 11.6. The summed E-state index contributed by atoms with van der Waals surface area (Å²) in [7, 11) is 0. The molecular formula is C12H16F7NO2. The first-order valence-electron chi connectivity index (χ1n) is 5.64. The number of amides is 1. The van der Waals surface area contributed by atoms with Crippen LogP contribution in [0.2, 0.25) is 0 Å². The largest absolute Gasteiger partial charge is 0.378 e. The van der Waals surface area contributed by atoms with Gasteiger partial charge >= 0.3 is 0 Å². The number of nitrogens with zero attached hydrogens (tertiary/aromatic N) is 1.